The highest BCUT2D eigenvalue weighted by Crippen LogP contribution is 2.21. The molecule has 4 heteroatoms. The average molecular weight is 185 g/mol. The first-order chi connectivity index (χ1) is 6.25. The summed E-state index contributed by atoms with van der Waals surface area (Å²) in [6.45, 7) is 1.29. The number of hydrogen-bond donors (Lipinski definition) is 0. The van der Waals surface area contributed by atoms with Gasteiger partial charge in [0, 0.05) is 12.6 Å². The lowest BCUT2D eigenvalue weighted by Crippen LogP contribution is -2.16. The Kier molecular flexibility index (Phi) is 2.14. The highest BCUT2D eigenvalue weighted by atomic mass is 19.1. The van der Waals surface area contributed by atoms with Crippen LogP contribution in [-0.2, 0) is 4.84 Å². The van der Waals surface area contributed by atoms with Crippen molar-refractivity contribution in [1.82, 2.24) is 0 Å². The van der Waals surface area contributed by atoms with Crippen molar-refractivity contribution in [3.63, 3.8) is 0 Å². The van der Waals surface area contributed by atoms with Gasteiger partial charge in [-0.3, -0.25) is 9.90 Å². The second-order valence-corrected chi connectivity index (χ2v) is 2.92. The Morgan fingerprint density at radius 1 is 1.15 bits per heavy atom. The predicted molar refractivity (Wildman–Crippen MR) is 44.3 cm³/mol. The number of hydroxylamine groups is 1. The Bertz CT molecular complexity index is 290. The standard InChI is InChI=1S/C9H9F2NO/c10-7-4-8(11)6-9(5-7)12-2-1-3-13-12/h4-6H,1-3H2. The normalized spacial score (nSPS) is 16.6. The molecule has 70 valence electrons. The van der Waals surface area contributed by atoms with Crippen LogP contribution in [0.15, 0.2) is 18.2 Å². The number of halogens is 2. The van der Waals surface area contributed by atoms with Crippen LogP contribution in [0.5, 0.6) is 0 Å². The fraction of sp³-hybridized carbons (Fsp3) is 0.333. The molecule has 1 aromatic carbocycles. The average Bonchev–Trinajstić information content (AvgIpc) is 2.53. The van der Waals surface area contributed by atoms with Crippen molar-refractivity contribution in [2.45, 2.75) is 6.42 Å². The zero-order valence-electron chi connectivity index (χ0n) is 6.96. The molecule has 0 N–H and O–H groups in total. The SMILES string of the molecule is Fc1cc(F)cc(N2CCCO2)c1. The highest BCUT2D eigenvalue weighted by molar-refractivity contribution is 5.44. The predicted octanol–water partition coefficient (Wildman–Crippen LogP) is 2.11. The van der Waals surface area contributed by atoms with E-state index in [0.29, 0.717) is 18.8 Å². The monoisotopic (exact) mass is 185 g/mol. The lowest BCUT2D eigenvalue weighted by Gasteiger charge is -2.15. The lowest BCUT2D eigenvalue weighted by molar-refractivity contribution is 0.168. The Morgan fingerprint density at radius 2 is 1.85 bits per heavy atom. The van der Waals surface area contributed by atoms with Crippen molar-refractivity contribution in [1.29, 1.82) is 0 Å². The molecule has 13 heavy (non-hydrogen) atoms. The maximum absolute atomic E-state index is 12.8. The molecule has 1 saturated heterocycles. The maximum Gasteiger partial charge on any atom is 0.128 e. The van der Waals surface area contributed by atoms with Gasteiger partial charge in [-0.15, -0.1) is 0 Å². The number of benzene rings is 1. The first kappa shape index (κ1) is 8.44. The molecule has 0 amide bonds. The highest BCUT2D eigenvalue weighted by Gasteiger charge is 2.14. The van der Waals surface area contributed by atoms with Gasteiger partial charge in [0.2, 0.25) is 0 Å². The van der Waals surface area contributed by atoms with Gasteiger partial charge in [0.1, 0.15) is 11.6 Å². The summed E-state index contributed by atoms with van der Waals surface area (Å²) in [7, 11) is 0. The molecule has 0 spiro atoms. The van der Waals surface area contributed by atoms with E-state index >= 15 is 0 Å². The van der Waals surface area contributed by atoms with Gasteiger partial charge in [0.15, 0.2) is 0 Å². The molecule has 0 atom stereocenters. The minimum atomic E-state index is -0.578. The Balaban J connectivity index is 2.28. The lowest BCUT2D eigenvalue weighted by atomic mass is 10.3. The van der Waals surface area contributed by atoms with Gasteiger partial charge in [-0.2, -0.15) is 0 Å². The fourth-order valence-corrected chi connectivity index (χ4v) is 1.33. The van der Waals surface area contributed by atoms with Gasteiger partial charge in [0.25, 0.3) is 0 Å². The summed E-state index contributed by atoms with van der Waals surface area (Å²) in [5.74, 6) is -1.16. The van der Waals surface area contributed by atoms with Gasteiger partial charge in [-0.1, -0.05) is 0 Å². The quantitative estimate of drug-likeness (QED) is 0.664. The second kappa shape index (κ2) is 3.30. The third-order valence-electron chi connectivity index (χ3n) is 1.89. The van der Waals surface area contributed by atoms with Crippen LogP contribution >= 0.6 is 0 Å². The molecule has 1 aliphatic heterocycles. The van der Waals surface area contributed by atoms with E-state index in [1.807, 2.05) is 0 Å². The summed E-state index contributed by atoms with van der Waals surface area (Å²) in [5.41, 5.74) is 0.440. The zero-order chi connectivity index (χ0) is 9.26. The molecule has 1 fully saturated rings. The smallest absolute Gasteiger partial charge is 0.128 e. The van der Waals surface area contributed by atoms with Crippen molar-refractivity contribution in [3.05, 3.63) is 29.8 Å². The van der Waals surface area contributed by atoms with Crippen LogP contribution < -0.4 is 5.06 Å². The van der Waals surface area contributed by atoms with Crippen molar-refractivity contribution < 1.29 is 13.6 Å². The van der Waals surface area contributed by atoms with Gasteiger partial charge >= 0.3 is 0 Å². The van der Waals surface area contributed by atoms with Crippen molar-refractivity contribution in [2.24, 2.45) is 0 Å². The molecule has 0 bridgehead atoms. The van der Waals surface area contributed by atoms with Crippen LogP contribution in [0.25, 0.3) is 0 Å². The molecule has 0 radical (unpaired) electrons. The van der Waals surface area contributed by atoms with Crippen LogP contribution in [0.3, 0.4) is 0 Å². The van der Waals surface area contributed by atoms with Crippen molar-refractivity contribution >= 4 is 5.69 Å². The molecule has 1 heterocycles. The number of nitrogens with zero attached hydrogens (tertiary/aromatic N) is 1. The van der Waals surface area contributed by atoms with Gasteiger partial charge in [-0.25, -0.2) is 8.78 Å². The van der Waals surface area contributed by atoms with E-state index in [-0.39, 0.29) is 0 Å². The summed E-state index contributed by atoms with van der Waals surface area (Å²) in [6.07, 6.45) is 0.887. The number of rotatable bonds is 1. The molecule has 0 aliphatic carbocycles. The minimum absolute atomic E-state index is 0.440. The molecule has 1 aliphatic rings. The molecule has 0 aromatic heterocycles. The molecule has 2 rings (SSSR count). The van der Waals surface area contributed by atoms with E-state index in [1.165, 1.54) is 17.2 Å². The van der Waals surface area contributed by atoms with E-state index in [2.05, 4.69) is 0 Å². The zero-order valence-corrected chi connectivity index (χ0v) is 6.96. The van der Waals surface area contributed by atoms with E-state index < -0.39 is 11.6 Å². The topological polar surface area (TPSA) is 12.5 Å². The summed E-state index contributed by atoms with van der Waals surface area (Å²) >= 11 is 0. The van der Waals surface area contributed by atoms with Crippen LogP contribution in [0.1, 0.15) is 6.42 Å². The summed E-state index contributed by atoms with van der Waals surface area (Å²) in [6, 6.07) is 3.36. The Morgan fingerprint density at radius 3 is 2.38 bits per heavy atom. The van der Waals surface area contributed by atoms with E-state index in [4.69, 9.17) is 4.84 Å². The van der Waals surface area contributed by atoms with Crippen LogP contribution in [0.4, 0.5) is 14.5 Å². The van der Waals surface area contributed by atoms with Gasteiger partial charge < -0.3 is 0 Å². The number of anilines is 1. The molecular weight excluding hydrogens is 176 g/mol. The minimum Gasteiger partial charge on any atom is -0.273 e. The second-order valence-electron chi connectivity index (χ2n) is 2.92. The molecular formula is C9H9F2NO. The van der Waals surface area contributed by atoms with E-state index in [9.17, 15) is 8.78 Å². The third-order valence-corrected chi connectivity index (χ3v) is 1.89. The summed E-state index contributed by atoms with van der Waals surface area (Å²) in [5, 5.41) is 1.51. The van der Waals surface area contributed by atoms with Gasteiger partial charge in [0.05, 0.1) is 12.3 Å². The molecule has 0 unspecified atom stereocenters. The first-order valence-electron chi connectivity index (χ1n) is 4.12. The Hall–Kier alpha value is -1.16. The van der Waals surface area contributed by atoms with Gasteiger partial charge in [-0.05, 0) is 18.6 Å². The van der Waals surface area contributed by atoms with Crippen molar-refractivity contribution in [3.8, 4) is 0 Å². The molecule has 1 aromatic rings. The van der Waals surface area contributed by atoms with E-state index in [1.54, 1.807) is 0 Å². The summed E-state index contributed by atoms with van der Waals surface area (Å²) < 4.78 is 25.5. The van der Waals surface area contributed by atoms with Crippen molar-refractivity contribution in [2.75, 3.05) is 18.2 Å². The largest absolute Gasteiger partial charge is 0.273 e. The van der Waals surface area contributed by atoms with Crippen LogP contribution in [0.2, 0.25) is 0 Å². The Labute approximate surface area is 74.7 Å². The summed E-state index contributed by atoms with van der Waals surface area (Å²) in [4.78, 5) is 5.15. The van der Waals surface area contributed by atoms with Crippen LogP contribution in [-0.4, -0.2) is 13.2 Å². The van der Waals surface area contributed by atoms with Crippen LogP contribution in [0, 0.1) is 11.6 Å². The first-order valence-corrected chi connectivity index (χ1v) is 4.12. The fourth-order valence-electron chi connectivity index (χ4n) is 1.33. The number of hydrogen-bond acceptors (Lipinski definition) is 2. The maximum atomic E-state index is 12.8. The van der Waals surface area contributed by atoms with E-state index in [0.717, 1.165) is 12.5 Å². The third kappa shape index (κ3) is 1.78. The molecule has 2 nitrogen and oxygen atoms in total. The molecule has 0 saturated carbocycles.